The van der Waals surface area contributed by atoms with Crippen LogP contribution in [0.15, 0.2) is 122 Å². The Labute approximate surface area is 512 Å². The number of halogens is 2. The van der Waals surface area contributed by atoms with Crippen LogP contribution in [0.4, 0.5) is 8.78 Å². The van der Waals surface area contributed by atoms with Crippen LogP contribution in [-0.4, -0.2) is 52.1 Å². The number of ether oxygens (including phenoxy) is 4. The molecule has 2 heterocycles. The molecule has 0 radical (unpaired) electrons. The van der Waals surface area contributed by atoms with E-state index in [1.54, 1.807) is 12.1 Å². The summed E-state index contributed by atoms with van der Waals surface area (Å²) in [6.45, 7) is 13.8. The molecule has 5 aliphatic carbocycles. The van der Waals surface area contributed by atoms with E-state index in [0.717, 1.165) is 139 Å². The second-order valence-electron chi connectivity index (χ2n) is 26.3. The SMILES string of the molecule is CC1(C)CCCCC1=O.COc1cc(-c2ccc(COc3cccc([C@@H](CC(=O)O)C4CC4)c3)cc2C2=CCCCC2(C)C)c(F)cn1.COc1cc(-c2ccc(COc3cccc([C@H](CC(=O)O)C4CC4)c3)cc2C2=CCCCC2(C)C)c(F)cn1. The molecule has 0 unspecified atom stereocenters. The maximum Gasteiger partial charge on any atom is 0.303 e. The normalized spacial score (nSPS) is 18.2. The molecular formula is C74H86F2N2O9. The lowest BCUT2D eigenvalue weighted by molar-refractivity contribution is -0.138. The van der Waals surface area contributed by atoms with Crippen LogP contribution < -0.4 is 18.9 Å². The van der Waals surface area contributed by atoms with Gasteiger partial charge in [0.15, 0.2) is 0 Å². The van der Waals surface area contributed by atoms with Crippen molar-refractivity contribution in [3.05, 3.63) is 167 Å². The lowest BCUT2D eigenvalue weighted by Crippen LogP contribution is -2.27. The Hall–Kier alpha value is -7.67. The molecule has 3 saturated carbocycles. The highest BCUT2D eigenvalue weighted by Crippen LogP contribution is 2.50. The first kappa shape index (κ1) is 63.8. The zero-order valence-electron chi connectivity index (χ0n) is 52.0. The number of carboxylic acid groups (broad SMARTS) is 2. The number of carboxylic acids is 2. The van der Waals surface area contributed by atoms with Crippen LogP contribution in [0.3, 0.4) is 0 Å². The molecular weight excluding hydrogens is 1100 g/mol. The summed E-state index contributed by atoms with van der Waals surface area (Å²) < 4.78 is 53.1. The van der Waals surface area contributed by atoms with Gasteiger partial charge in [0.1, 0.15) is 42.1 Å². The number of ketones is 1. The fourth-order valence-corrected chi connectivity index (χ4v) is 12.9. The number of pyridine rings is 2. The predicted octanol–water partition coefficient (Wildman–Crippen LogP) is 18.2. The van der Waals surface area contributed by atoms with Crippen molar-refractivity contribution in [3.63, 3.8) is 0 Å². The summed E-state index contributed by atoms with van der Waals surface area (Å²) in [5.41, 5.74) is 10.9. The van der Waals surface area contributed by atoms with Gasteiger partial charge in [0.05, 0.1) is 39.5 Å². The van der Waals surface area contributed by atoms with Gasteiger partial charge in [-0.3, -0.25) is 14.4 Å². The number of nitrogens with zero attached hydrogens (tertiary/aromatic N) is 2. The van der Waals surface area contributed by atoms with E-state index in [4.69, 9.17) is 18.9 Å². The fourth-order valence-electron chi connectivity index (χ4n) is 12.9. The van der Waals surface area contributed by atoms with E-state index < -0.39 is 23.6 Å². The van der Waals surface area contributed by atoms with Gasteiger partial charge in [-0.25, -0.2) is 18.7 Å². The molecule has 0 bridgehead atoms. The zero-order valence-corrected chi connectivity index (χ0v) is 52.0. The van der Waals surface area contributed by atoms with Gasteiger partial charge in [-0.15, -0.1) is 0 Å². The molecule has 2 aromatic heterocycles. The lowest BCUT2D eigenvalue weighted by atomic mass is 9.71. The summed E-state index contributed by atoms with van der Waals surface area (Å²) in [6.07, 6.45) is 22.2. The average Bonchev–Trinajstić information content (AvgIpc) is 3.08. The van der Waals surface area contributed by atoms with Crippen LogP contribution in [0.25, 0.3) is 33.4 Å². The van der Waals surface area contributed by atoms with Gasteiger partial charge in [0.25, 0.3) is 0 Å². The third kappa shape index (κ3) is 16.5. The number of hydrogen-bond acceptors (Lipinski definition) is 9. The quantitative estimate of drug-likeness (QED) is 0.0751. The first-order chi connectivity index (χ1) is 41.6. The van der Waals surface area contributed by atoms with Crippen LogP contribution in [0.2, 0.25) is 0 Å². The average molecular weight is 1190 g/mol. The Balaban J connectivity index is 0.000000181. The number of carbonyl (C=O) groups excluding carboxylic acids is 1. The van der Waals surface area contributed by atoms with Gasteiger partial charge in [-0.1, -0.05) is 109 Å². The lowest BCUT2D eigenvalue weighted by Gasteiger charge is -2.33. The number of rotatable bonds is 20. The Kier molecular flexibility index (Phi) is 20.5. The van der Waals surface area contributed by atoms with E-state index >= 15 is 8.78 Å². The Morgan fingerprint density at radius 1 is 0.540 bits per heavy atom. The number of methoxy groups -OCH3 is 2. The van der Waals surface area contributed by atoms with Gasteiger partial charge < -0.3 is 29.2 Å². The molecule has 0 spiro atoms. The highest BCUT2D eigenvalue weighted by molar-refractivity contribution is 5.86. The minimum atomic E-state index is -0.769. The van der Waals surface area contributed by atoms with Gasteiger partial charge in [-0.05, 0) is 204 Å². The molecule has 4 aromatic carbocycles. The number of allylic oxidation sites excluding steroid dienone is 4. The number of carbonyl (C=O) groups is 3. The summed E-state index contributed by atoms with van der Waals surface area (Å²) >= 11 is 0. The Morgan fingerprint density at radius 2 is 0.966 bits per heavy atom. The molecule has 87 heavy (non-hydrogen) atoms. The van der Waals surface area contributed by atoms with Crippen LogP contribution >= 0.6 is 0 Å². The molecule has 3 fully saturated rings. The van der Waals surface area contributed by atoms with Crippen molar-refractivity contribution in [1.29, 1.82) is 0 Å². The van der Waals surface area contributed by atoms with E-state index in [2.05, 4.69) is 75.8 Å². The van der Waals surface area contributed by atoms with Crippen LogP contribution in [0.1, 0.15) is 189 Å². The van der Waals surface area contributed by atoms with Crippen LogP contribution in [-0.2, 0) is 27.6 Å². The highest BCUT2D eigenvalue weighted by Gasteiger charge is 2.36. The standard InChI is InChI=1S/2C33H36FNO4.C8H14O/c2*1-33(2)14-5-4-9-29(33)27-15-21(10-13-25(27)28-17-31(38-3)35-19-30(28)34)20-39-24-8-6-7-23(16-24)26(18-32(36)37)22-11-12-22;1-8(2)6-4-3-5-7(8)9/h2*6-10,13,15-17,19,22,26H,4-5,11-12,14,18,20H2,1-3H3,(H,36,37);3-6H2,1-2H3/t2*26-;/m10./s1. The fraction of sp³-hybridized carbons (Fsp3) is 0.446. The Morgan fingerprint density at radius 3 is 1.32 bits per heavy atom. The number of aromatic nitrogens is 2. The molecule has 0 aliphatic heterocycles. The molecule has 2 atom stereocenters. The molecule has 11 rings (SSSR count). The van der Waals surface area contributed by atoms with Crippen molar-refractivity contribution in [2.24, 2.45) is 28.1 Å². The summed E-state index contributed by atoms with van der Waals surface area (Å²) in [5, 5.41) is 18.8. The maximum atomic E-state index is 15.0. The second kappa shape index (κ2) is 28.0. The number of benzene rings is 4. The van der Waals surface area contributed by atoms with Gasteiger partial charge in [0, 0.05) is 35.1 Å². The van der Waals surface area contributed by atoms with Gasteiger partial charge >= 0.3 is 11.9 Å². The van der Waals surface area contributed by atoms with E-state index in [1.807, 2.05) is 72.8 Å². The topological polar surface area (TPSA) is 154 Å². The predicted molar refractivity (Wildman–Crippen MR) is 338 cm³/mol. The first-order valence-corrected chi connectivity index (χ1v) is 31.1. The molecule has 5 aliphatic rings. The highest BCUT2D eigenvalue weighted by atomic mass is 19.1. The van der Waals surface area contributed by atoms with E-state index in [-0.39, 0.29) is 40.9 Å². The van der Waals surface area contributed by atoms with E-state index in [1.165, 1.54) is 44.2 Å². The number of Topliss-reactive ketones (excluding diaryl/α,β-unsaturated/α-hetero) is 1. The molecule has 0 amide bonds. The van der Waals surface area contributed by atoms with Crippen molar-refractivity contribution >= 4 is 28.9 Å². The monoisotopic (exact) mass is 1180 g/mol. The van der Waals surface area contributed by atoms with Gasteiger partial charge in [-0.2, -0.15) is 0 Å². The van der Waals surface area contributed by atoms with E-state index in [9.17, 15) is 24.6 Å². The smallest absolute Gasteiger partial charge is 0.303 e. The summed E-state index contributed by atoms with van der Waals surface area (Å²) in [5.74, 6) is 1.22. The minimum absolute atomic E-state index is 0.00174. The van der Waals surface area contributed by atoms with Crippen molar-refractivity contribution in [2.75, 3.05) is 14.2 Å². The molecule has 460 valence electrons. The number of aliphatic carboxylic acids is 2. The summed E-state index contributed by atoms with van der Waals surface area (Å²) in [6, 6.07) is 31.1. The zero-order chi connectivity index (χ0) is 62.0. The molecule has 13 heteroatoms. The van der Waals surface area contributed by atoms with E-state index in [0.29, 0.717) is 53.7 Å². The molecule has 0 saturated heterocycles. The molecule has 6 aromatic rings. The van der Waals surface area contributed by atoms with Crippen molar-refractivity contribution in [2.45, 2.75) is 169 Å². The summed E-state index contributed by atoms with van der Waals surface area (Å²) in [4.78, 5) is 42.0. The van der Waals surface area contributed by atoms with Gasteiger partial charge in [0.2, 0.25) is 11.8 Å². The second-order valence-corrected chi connectivity index (χ2v) is 26.3. The van der Waals surface area contributed by atoms with Crippen molar-refractivity contribution in [1.82, 2.24) is 9.97 Å². The van der Waals surface area contributed by atoms with Crippen LogP contribution in [0.5, 0.6) is 23.3 Å². The summed E-state index contributed by atoms with van der Waals surface area (Å²) in [7, 11) is 3.06. The number of hydrogen-bond donors (Lipinski definition) is 2. The molecule has 2 N–H and O–H groups in total. The van der Waals surface area contributed by atoms with Crippen molar-refractivity contribution < 1.29 is 52.3 Å². The van der Waals surface area contributed by atoms with Crippen LogP contribution in [0, 0.1) is 39.7 Å². The van der Waals surface area contributed by atoms with Crippen molar-refractivity contribution in [3.8, 4) is 45.5 Å². The first-order valence-electron chi connectivity index (χ1n) is 31.1. The molecule has 11 nitrogen and oxygen atoms in total. The largest absolute Gasteiger partial charge is 0.489 e. The Bertz CT molecular complexity index is 3290. The maximum absolute atomic E-state index is 15.0. The minimum Gasteiger partial charge on any atom is -0.489 e. The third-order valence-electron chi connectivity index (χ3n) is 18.3. The third-order valence-corrected chi connectivity index (χ3v) is 18.3.